The fraction of sp³-hybridized carbons (Fsp3) is 0.125. The van der Waals surface area contributed by atoms with Gasteiger partial charge in [0.1, 0.15) is 12.4 Å². The second-order valence-corrected chi connectivity index (χ2v) is 5.80. The first-order valence-electron chi connectivity index (χ1n) is 6.71. The van der Waals surface area contributed by atoms with Crippen molar-refractivity contribution in [3.63, 3.8) is 0 Å². The molecule has 0 radical (unpaired) electrons. The third-order valence-electron chi connectivity index (χ3n) is 3.31. The van der Waals surface area contributed by atoms with Crippen molar-refractivity contribution in [3.8, 4) is 0 Å². The van der Waals surface area contributed by atoms with Crippen LogP contribution in [0.4, 0.5) is 4.39 Å². The van der Waals surface area contributed by atoms with E-state index in [4.69, 9.17) is 0 Å². The van der Waals surface area contributed by atoms with Crippen LogP contribution in [0.1, 0.15) is 5.56 Å². The quantitative estimate of drug-likeness (QED) is 0.804. The third-order valence-corrected chi connectivity index (χ3v) is 4.19. The molecule has 0 saturated heterocycles. The van der Waals surface area contributed by atoms with Crippen molar-refractivity contribution in [3.05, 3.63) is 69.7 Å². The minimum atomic E-state index is -0.314. The summed E-state index contributed by atoms with van der Waals surface area (Å²) >= 11 is 1.49. The summed E-state index contributed by atoms with van der Waals surface area (Å²) in [7, 11) is 0. The summed E-state index contributed by atoms with van der Waals surface area (Å²) in [5.41, 5.74) is 0.631. The van der Waals surface area contributed by atoms with Crippen molar-refractivity contribution in [2.24, 2.45) is 0 Å². The van der Waals surface area contributed by atoms with Gasteiger partial charge in [0.25, 0.3) is 5.56 Å². The molecule has 0 saturated carbocycles. The van der Waals surface area contributed by atoms with Gasteiger partial charge in [0.05, 0.1) is 5.39 Å². The molecule has 2 aromatic heterocycles. The zero-order valence-corrected chi connectivity index (χ0v) is 12.4. The van der Waals surface area contributed by atoms with Gasteiger partial charge < -0.3 is 9.88 Å². The normalized spacial score (nSPS) is 10.8. The maximum absolute atomic E-state index is 12.8. The molecule has 0 bridgehead atoms. The van der Waals surface area contributed by atoms with Crippen LogP contribution in [-0.2, 0) is 17.9 Å². The van der Waals surface area contributed by atoms with Gasteiger partial charge in [-0.2, -0.15) is 0 Å². The highest BCUT2D eigenvalue weighted by molar-refractivity contribution is 7.17. The third kappa shape index (κ3) is 3.07. The van der Waals surface area contributed by atoms with Crippen LogP contribution >= 0.6 is 11.3 Å². The average Bonchev–Trinajstić information content (AvgIpc) is 2.99. The molecule has 1 N–H and O–H groups in total. The summed E-state index contributed by atoms with van der Waals surface area (Å²) in [5, 5.41) is 5.19. The van der Waals surface area contributed by atoms with Gasteiger partial charge in [-0.05, 0) is 35.2 Å². The topological polar surface area (TPSA) is 51.1 Å². The maximum atomic E-state index is 12.8. The molecule has 4 nitrogen and oxygen atoms in total. The predicted molar refractivity (Wildman–Crippen MR) is 84.3 cm³/mol. The van der Waals surface area contributed by atoms with E-state index in [1.807, 2.05) is 11.4 Å². The van der Waals surface area contributed by atoms with E-state index in [0.717, 1.165) is 10.3 Å². The van der Waals surface area contributed by atoms with Crippen molar-refractivity contribution in [1.82, 2.24) is 9.88 Å². The molecule has 0 spiro atoms. The predicted octanol–water partition coefficient (Wildman–Crippen LogP) is 2.52. The summed E-state index contributed by atoms with van der Waals surface area (Å²) in [6, 6.07) is 9.50. The number of aromatic nitrogens is 1. The molecule has 112 valence electrons. The molecule has 3 rings (SSSR count). The Morgan fingerprint density at radius 1 is 1.18 bits per heavy atom. The lowest BCUT2D eigenvalue weighted by Crippen LogP contribution is -2.31. The Kier molecular flexibility index (Phi) is 4.02. The Balaban J connectivity index is 1.66. The van der Waals surface area contributed by atoms with Gasteiger partial charge in [0, 0.05) is 17.4 Å². The van der Waals surface area contributed by atoms with Crippen molar-refractivity contribution in [2.75, 3.05) is 0 Å². The number of carbonyl (C=O) groups is 1. The van der Waals surface area contributed by atoms with Crippen molar-refractivity contribution in [2.45, 2.75) is 13.1 Å². The smallest absolute Gasteiger partial charge is 0.259 e. The molecule has 3 aromatic rings. The van der Waals surface area contributed by atoms with Gasteiger partial charge in [-0.3, -0.25) is 9.59 Å². The van der Waals surface area contributed by atoms with Crippen molar-refractivity contribution in [1.29, 1.82) is 0 Å². The molecule has 0 fully saturated rings. The maximum Gasteiger partial charge on any atom is 0.259 e. The van der Waals surface area contributed by atoms with E-state index >= 15 is 0 Å². The van der Waals surface area contributed by atoms with E-state index in [9.17, 15) is 14.0 Å². The van der Waals surface area contributed by atoms with Crippen molar-refractivity contribution < 1.29 is 9.18 Å². The summed E-state index contributed by atoms with van der Waals surface area (Å²) in [6.07, 6.45) is 1.62. The molecule has 1 aromatic carbocycles. The lowest BCUT2D eigenvalue weighted by atomic mass is 10.2. The second-order valence-electron chi connectivity index (χ2n) is 4.85. The average molecular weight is 316 g/mol. The first-order chi connectivity index (χ1) is 10.6. The number of benzene rings is 1. The number of nitrogens with zero attached hydrogens (tertiary/aromatic N) is 1. The molecule has 0 aliphatic heterocycles. The highest BCUT2D eigenvalue weighted by Gasteiger charge is 2.07. The van der Waals surface area contributed by atoms with E-state index in [2.05, 4.69) is 5.32 Å². The Morgan fingerprint density at radius 3 is 2.73 bits per heavy atom. The van der Waals surface area contributed by atoms with E-state index < -0.39 is 0 Å². The number of carbonyl (C=O) groups excluding carboxylic acids is 1. The molecule has 2 heterocycles. The van der Waals surface area contributed by atoms with E-state index in [-0.39, 0.29) is 23.8 Å². The van der Waals surface area contributed by atoms with Crippen LogP contribution in [0.25, 0.3) is 10.1 Å². The van der Waals surface area contributed by atoms with Crippen LogP contribution in [0.2, 0.25) is 0 Å². The van der Waals surface area contributed by atoms with Crippen LogP contribution in [0.5, 0.6) is 0 Å². The number of thiophene rings is 1. The van der Waals surface area contributed by atoms with Gasteiger partial charge in [-0.1, -0.05) is 12.1 Å². The molecule has 0 aliphatic carbocycles. The summed E-state index contributed by atoms with van der Waals surface area (Å²) in [6.45, 7) is 0.264. The van der Waals surface area contributed by atoms with Crippen LogP contribution in [0.15, 0.2) is 52.8 Å². The van der Waals surface area contributed by atoms with Crippen LogP contribution in [0, 0.1) is 5.82 Å². The lowest BCUT2D eigenvalue weighted by molar-refractivity contribution is -0.121. The number of fused-ring (bicyclic) bond motifs is 1. The highest BCUT2D eigenvalue weighted by Crippen LogP contribution is 2.16. The number of hydrogen-bond donors (Lipinski definition) is 1. The van der Waals surface area contributed by atoms with E-state index in [0.29, 0.717) is 11.9 Å². The van der Waals surface area contributed by atoms with E-state index in [1.165, 1.54) is 28.0 Å². The Hall–Kier alpha value is -2.47. The van der Waals surface area contributed by atoms with Gasteiger partial charge in [-0.25, -0.2) is 4.39 Å². The fourth-order valence-electron chi connectivity index (χ4n) is 2.14. The molecule has 6 heteroatoms. The number of rotatable bonds is 4. The first kappa shape index (κ1) is 14.5. The number of amides is 1. The standard InChI is InChI=1S/C16H13FN2O2S/c17-12-3-1-11(2-4-12)9-18-15(20)10-19-7-5-14-13(16(19)21)6-8-22-14/h1-8H,9-10H2,(H,18,20). The largest absolute Gasteiger partial charge is 0.350 e. The second kappa shape index (κ2) is 6.11. The molecular formula is C16H13FN2O2S. The minimum absolute atomic E-state index is 0.0359. The number of hydrogen-bond acceptors (Lipinski definition) is 3. The number of halogens is 1. The number of nitrogens with one attached hydrogen (secondary N) is 1. The fourth-order valence-corrected chi connectivity index (χ4v) is 2.92. The SMILES string of the molecule is O=C(Cn1ccc2sccc2c1=O)NCc1ccc(F)cc1. The highest BCUT2D eigenvalue weighted by atomic mass is 32.1. The monoisotopic (exact) mass is 316 g/mol. The van der Waals surface area contributed by atoms with E-state index in [1.54, 1.807) is 24.4 Å². The molecular weight excluding hydrogens is 303 g/mol. The Morgan fingerprint density at radius 2 is 1.95 bits per heavy atom. The van der Waals surface area contributed by atoms with Crippen LogP contribution < -0.4 is 10.9 Å². The summed E-state index contributed by atoms with van der Waals surface area (Å²) in [5.74, 6) is -0.577. The van der Waals surface area contributed by atoms with Gasteiger partial charge in [0.2, 0.25) is 5.91 Å². The number of pyridine rings is 1. The zero-order valence-electron chi connectivity index (χ0n) is 11.6. The Labute approximate surface area is 129 Å². The summed E-state index contributed by atoms with van der Waals surface area (Å²) < 4.78 is 15.1. The van der Waals surface area contributed by atoms with Gasteiger partial charge in [0.15, 0.2) is 0 Å². The molecule has 0 atom stereocenters. The van der Waals surface area contributed by atoms with Crippen LogP contribution in [-0.4, -0.2) is 10.5 Å². The van der Waals surface area contributed by atoms with Gasteiger partial charge in [-0.15, -0.1) is 11.3 Å². The zero-order chi connectivity index (χ0) is 15.5. The summed E-state index contributed by atoms with van der Waals surface area (Å²) in [4.78, 5) is 24.1. The van der Waals surface area contributed by atoms with Crippen LogP contribution in [0.3, 0.4) is 0 Å². The molecule has 0 unspecified atom stereocenters. The minimum Gasteiger partial charge on any atom is -0.350 e. The lowest BCUT2D eigenvalue weighted by Gasteiger charge is -2.07. The first-order valence-corrected chi connectivity index (χ1v) is 7.59. The Bertz CT molecular complexity index is 868. The molecule has 1 amide bonds. The molecule has 22 heavy (non-hydrogen) atoms. The van der Waals surface area contributed by atoms with Gasteiger partial charge >= 0.3 is 0 Å². The molecule has 0 aliphatic rings. The van der Waals surface area contributed by atoms with Crippen molar-refractivity contribution >= 4 is 27.3 Å².